The van der Waals surface area contributed by atoms with Crippen LogP contribution in [0.15, 0.2) is 18.2 Å². The summed E-state index contributed by atoms with van der Waals surface area (Å²) in [6, 6.07) is 5.04. The molecular weight excluding hydrogens is 273 g/mol. The van der Waals surface area contributed by atoms with Gasteiger partial charge in [-0.1, -0.05) is 18.9 Å². The first-order chi connectivity index (χ1) is 10.2. The van der Waals surface area contributed by atoms with Gasteiger partial charge in [0, 0.05) is 19.1 Å². The summed E-state index contributed by atoms with van der Waals surface area (Å²) in [6.45, 7) is 1.27. The lowest BCUT2D eigenvalue weighted by Crippen LogP contribution is -2.35. The van der Waals surface area contributed by atoms with Gasteiger partial charge >= 0.3 is 5.97 Å². The summed E-state index contributed by atoms with van der Waals surface area (Å²) < 4.78 is 18.5. The van der Waals surface area contributed by atoms with Gasteiger partial charge in [-0.3, -0.25) is 4.90 Å². The van der Waals surface area contributed by atoms with E-state index in [4.69, 9.17) is 0 Å². The lowest BCUT2D eigenvalue weighted by Gasteiger charge is -2.28. The van der Waals surface area contributed by atoms with Crippen LogP contribution in [-0.4, -0.2) is 42.3 Å². The predicted molar refractivity (Wildman–Crippen MR) is 77.5 cm³/mol. The highest BCUT2D eigenvalue weighted by Gasteiger charge is 2.22. The second-order valence-corrected chi connectivity index (χ2v) is 5.44. The maximum atomic E-state index is 13.9. The average molecular weight is 295 g/mol. The first-order valence-corrected chi connectivity index (χ1v) is 7.37. The molecule has 1 aliphatic carbocycles. The molecule has 1 N–H and O–H groups in total. The van der Waals surface area contributed by atoms with Crippen molar-refractivity contribution in [1.29, 1.82) is 0 Å². The van der Waals surface area contributed by atoms with Crippen molar-refractivity contribution >= 4 is 5.97 Å². The molecule has 1 fully saturated rings. The van der Waals surface area contributed by atoms with Crippen molar-refractivity contribution in [2.24, 2.45) is 0 Å². The third kappa shape index (κ3) is 4.02. The molecule has 1 aromatic rings. The van der Waals surface area contributed by atoms with Crippen LogP contribution in [0.2, 0.25) is 0 Å². The molecule has 0 amide bonds. The van der Waals surface area contributed by atoms with Gasteiger partial charge in [-0.2, -0.15) is 0 Å². The highest BCUT2D eigenvalue weighted by Crippen LogP contribution is 2.25. The molecule has 0 bridgehead atoms. The summed E-state index contributed by atoms with van der Waals surface area (Å²) in [5, 5.41) is 9.20. The minimum Gasteiger partial charge on any atom is -0.465 e. The molecule has 0 saturated heterocycles. The summed E-state index contributed by atoms with van der Waals surface area (Å²) >= 11 is 0. The third-order valence-corrected chi connectivity index (χ3v) is 4.05. The maximum Gasteiger partial charge on any atom is 0.340 e. The van der Waals surface area contributed by atoms with E-state index in [-0.39, 0.29) is 12.2 Å². The van der Waals surface area contributed by atoms with Gasteiger partial charge in [0.1, 0.15) is 5.82 Å². The molecule has 4 nitrogen and oxygen atoms in total. The van der Waals surface area contributed by atoms with E-state index < -0.39 is 11.8 Å². The van der Waals surface area contributed by atoms with Crippen LogP contribution in [0.1, 0.15) is 41.6 Å². The van der Waals surface area contributed by atoms with Crippen molar-refractivity contribution < 1.29 is 19.0 Å². The van der Waals surface area contributed by atoms with Gasteiger partial charge in [0.2, 0.25) is 0 Å². The first kappa shape index (κ1) is 15.9. The van der Waals surface area contributed by atoms with E-state index in [2.05, 4.69) is 9.64 Å². The number of methoxy groups -OCH3 is 1. The van der Waals surface area contributed by atoms with Crippen LogP contribution in [0.25, 0.3) is 0 Å². The number of carbonyl (C=O) groups is 1. The number of esters is 1. The maximum absolute atomic E-state index is 13.9. The van der Waals surface area contributed by atoms with Crippen LogP contribution < -0.4 is 0 Å². The first-order valence-electron chi connectivity index (χ1n) is 7.37. The minimum absolute atomic E-state index is 0.0455. The molecule has 0 spiro atoms. The molecule has 0 aliphatic heterocycles. The molecule has 0 heterocycles. The smallest absolute Gasteiger partial charge is 0.340 e. The quantitative estimate of drug-likeness (QED) is 0.819. The average Bonchev–Trinajstić information content (AvgIpc) is 3.00. The molecule has 1 saturated carbocycles. The SMILES string of the molecule is COC(=O)c1ccc(CN(CCO)C2CCCC2)cc1F. The number of ether oxygens (including phenoxy) is 1. The summed E-state index contributed by atoms with van der Waals surface area (Å²) in [6.07, 6.45) is 4.68. The van der Waals surface area contributed by atoms with Gasteiger partial charge in [0.15, 0.2) is 0 Å². The van der Waals surface area contributed by atoms with Crippen molar-refractivity contribution in [3.05, 3.63) is 35.1 Å². The van der Waals surface area contributed by atoms with Gasteiger partial charge in [0.25, 0.3) is 0 Å². The predicted octanol–water partition coefficient (Wildman–Crippen LogP) is 2.35. The van der Waals surface area contributed by atoms with Crippen LogP contribution in [0.4, 0.5) is 4.39 Å². The molecular formula is C16H22FNO3. The number of aliphatic hydroxyl groups is 1. The van der Waals surface area contributed by atoms with Gasteiger partial charge in [-0.25, -0.2) is 9.18 Å². The van der Waals surface area contributed by atoms with Crippen molar-refractivity contribution in [3.8, 4) is 0 Å². The number of nitrogens with zero attached hydrogens (tertiary/aromatic N) is 1. The number of hydrogen-bond donors (Lipinski definition) is 1. The number of hydrogen-bond acceptors (Lipinski definition) is 4. The largest absolute Gasteiger partial charge is 0.465 e. The fraction of sp³-hybridized carbons (Fsp3) is 0.562. The fourth-order valence-electron chi connectivity index (χ4n) is 2.96. The van der Waals surface area contributed by atoms with E-state index >= 15 is 0 Å². The Morgan fingerprint density at radius 1 is 1.43 bits per heavy atom. The van der Waals surface area contributed by atoms with Crippen LogP contribution in [0.3, 0.4) is 0 Å². The van der Waals surface area contributed by atoms with E-state index in [1.54, 1.807) is 6.07 Å². The van der Waals surface area contributed by atoms with E-state index in [0.29, 0.717) is 19.1 Å². The second-order valence-electron chi connectivity index (χ2n) is 5.44. The lowest BCUT2D eigenvalue weighted by atomic mass is 10.1. The van der Waals surface area contributed by atoms with E-state index in [1.807, 2.05) is 0 Å². The normalized spacial score (nSPS) is 15.6. The highest BCUT2D eigenvalue weighted by molar-refractivity contribution is 5.89. The number of halogens is 1. The summed E-state index contributed by atoms with van der Waals surface area (Å²) in [5.74, 6) is -1.23. The van der Waals surface area contributed by atoms with Crippen molar-refractivity contribution in [2.45, 2.75) is 38.3 Å². The molecule has 1 aromatic carbocycles. The molecule has 116 valence electrons. The molecule has 2 rings (SSSR count). The zero-order valence-corrected chi connectivity index (χ0v) is 12.3. The summed E-state index contributed by atoms with van der Waals surface area (Å²) in [5.41, 5.74) is 0.760. The Morgan fingerprint density at radius 2 is 2.14 bits per heavy atom. The zero-order valence-electron chi connectivity index (χ0n) is 12.3. The van der Waals surface area contributed by atoms with Gasteiger partial charge in [-0.05, 0) is 30.5 Å². The third-order valence-electron chi connectivity index (χ3n) is 4.05. The Morgan fingerprint density at radius 3 is 2.71 bits per heavy atom. The summed E-state index contributed by atoms with van der Waals surface area (Å²) in [7, 11) is 1.23. The number of rotatable bonds is 6. The van der Waals surface area contributed by atoms with Crippen LogP contribution in [0.5, 0.6) is 0 Å². The Bertz CT molecular complexity index is 486. The lowest BCUT2D eigenvalue weighted by molar-refractivity contribution is 0.0595. The van der Waals surface area contributed by atoms with E-state index in [0.717, 1.165) is 18.4 Å². The molecule has 21 heavy (non-hydrogen) atoms. The van der Waals surface area contributed by atoms with E-state index in [1.165, 1.54) is 32.1 Å². The fourth-order valence-corrected chi connectivity index (χ4v) is 2.96. The van der Waals surface area contributed by atoms with Gasteiger partial charge < -0.3 is 9.84 Å². The molecule has 0 atom stereocenters. The van der Waals surface area contributed by atoms with Crippen molar-refractivity contribution in [2.75, 3.05) is 20.3 Å². The van der Waals surface area contributed by atoms with Crippen LogP contribution in [-0.2, 0) is 11.3 Å². The minimum atomic E-state index is -0.665. The number of benzene rings is 1. The molecule has 1 aliphatic rings. The second kappa shape index (κ2) is 7.52. The van der Waals surface area contributed by atoms with Crippen LogP contribution >= 0.6 is 0 Å². The van der Waals surface area contributed by atoms with E-state index in [9.17, 15) is 14.3 Å². The zero-order chi connectivity index (χ0) is 15.2. The number of aliphatic hydroxyl groups excluding tert-OH is 1. The Labute approximate surface area is 124 Å². The Balaban J connectivity index is 2.09. The Hall–Kier alpha value is -1.46. The molecule has 0 aromatic heterocycles. The topological polar surface area (TPSA) is 49.8 Å². The molecule has 0 unspecified atom stereocenters. The molecule has 5 heteroatoms. The highest BCUT2D eigenvalue weighted by atomic mass is 19.1. The number of carbonyl (C=O) groups excluding carboxylic acids is 1. The van der Waals surface area contributed by atoms with Gasteiger partial charge in [-0.15, -0.1) is 0 Å². The van der Waals surface area contributed by atoms with Crippen molar-refractivity contribution in [3.63, 3.8) is 0 Å². The molecule has 0 radical (unpaired) electrons. The van der Waals surface area contributed by atoms with Crippen molar-refractivity contribution in [1.82, 2.24) is 4.90 Å². The standard InChI is InChI=1S/C16H22FNO3/c1-21-16(20)14-7-6-12(10-15(14)17)11-18(8-9-19)13-4-2-3-5-13/h6-7,10,13,19H,2-5,8-9,11H2,1H3. The summed E-state index contributed by atoms with van der Waals surface area (Å²) in [4.78, 5) is 13.6. The monoisotopic (exact) mass is 295 g/mol. The van der Waals surface area contributed by atoms with Gasteiger partial charge in [0.05, 0.1) is 19.3 Å². The van der Waals surface area contributed by atoms with Crippen LogP contribution in [0, 0.1) is 5.82 Å². The Kier molecular flexibility index (Phi) is 5.70.